The average Bonchev–Trinajstić information content (AvgIpc) is 3.24. The third kappa shape index (κ3) is 1.60. The average molecular weight is 391 g/mol. The van der Waals surface area contributed by atoms with Gasteiger partial charge in [-0.25, -0.2) is 0 Å². The molecule has 6 aromatic rings. The van der Waals surface area contributed by atoms with Crippen molar-refractivity contribution < 1.29 is 0 Å². The highest BCUT2D eigenvalue weighted by Crippen LogP contribution is 2.49. The molecule has 0 aliphatic rings. The van der Waals surface area contributed by atoms with Gasteiger partial charge in [0.05, 0.1) is 17.4 Å². The highest BCUT2D eigenvalue weighted by Gasteiger charge is 2.15. The summed E-state index contributed by atoms with van der Waals surface area (Å²) in [5, 5.41) is 7.29. The molecule has 0 radical (unpaired) electrons. The van der Waals surface area contributed by atoms with E-state index in [1.54, 1.807) is 0 Å². The normalized spacial score (nSPS) is 12.5. The van der Waals surface area contributed by atoms with Crippen LogP contribution in [0.15, 0.2) is 35.0 Å². The molecular weight excluding hydrogens is 385 g/mol. The Balaban J connectivity index is 1.62. The van der Waals surface area contributed by atoms with E-state index in [0.717, 1.165) is 0 Å². The van der Waals surface area contributed by atoms with Crippen LogP contribution in [0, 0.1) is 0 Å². The number of hydrogen-bond donors (Lipinski definition) is 0. The summed E-state index contributed by atoms with van der Waals surface area (Å²) >= 11 is 11.5. The van der Waals surface area contributed by atoms with Gasteiger partial charge in [-0.3, -0.25) is 0 Å². The Hall–Kier alpha value is -0.760. The van der Waals surface area contributed by atoms with E-state index in [1.807, 2.05) is 68.0 Å². The molecule has 0 bridgehead atoms. The predicted molar refractivity (Wildman–Crippen MR) is 109 cm³/mol. The van der Waals surface area contributed by atoms with Gasteiger partial charge < -0.3 is 0 Å². The van der Waals surface area contributed by atoms with E-state index in [9.17, 15) is 0 Å². The van der Waals surface area contributed by atoms with E-state index >= 15 is 0 Å². The minimum Gasteiger partial charge on any atom is -0.133 e. The predicted octanol–water partition coefficient (Wildman–Crippen LogP) is 8.34. The van der Waals surface area contributed by atoms with E-state index < -0.39 is 0 Å². The molecule has 0 atom stereocenters. The van der Waals surface area contributed by atoms with Gasteiger partial charge in [0, 0.05) is 29.9 Å². The summed E-state index contributed by atoms with van der Waals surface area (Å²) < 4.78 is 8.74. The van der Waals surface area contributed by atoms with Gasteiger partial charge in [-0.05, 0) is 35.0 Å². The van der Waals surface area contributed by atoms with Gasteiger partial charge in [0.1, 0.15) is 0 Å². The van der Waals surface area contributed by atoms with Gasteiger partial charge >= 0.3 is 0 Å². The molecule has 6 heterocycles. The van der Waals surface area contributed by atoms with Crippen LogP contribution in [0.4, 0.5) is 0 Å². The van der Waals surface area contributed by atoms with Crippen LogP contribution in [0.5, 0.6) is 0 Å². The lowest BCUT2D eigenvalue weighted by Crippen LogP contribution is -1.57. The number of rotatable bonds is 1. The Morgan fingerprint density at radius 1 is 0.591 bits per heavy atom. The largest absolute Gasteiger partial charge is 0.133 e. The minimum atomic E-state index is 1.42. The first-order chi connectivity index (χ1) is 10.9. The lowest BCUT2D eigenvalue weighted by Gasteiger charge is -1.88. The summed E-state index contributed by atoms with van der Waals surface area (Å²) in [5.74, 6) is 0. The van der Waals surface area contributed by atoms with Crippen molar-refractivity contribution in [2.24, 2.45) is 0 Å². The molecule has 6 rings (SSSR count). The maximum absolute atomic E-state index is 2.39. The molecule has 0 aliphatic heterocycles. The maximum Gasteiger partial charge on any atom is 0.0885 e. The van der Waals surface area contributed by atoms with Crippen molar-refractivity contribution in [3.63, 3.8) is 0 Å². The summed E-state index contributed by atoms with van der Waals surface area (Å²) in [6.07, 6.45) is 0. The first kappa shape index (κ1) is 12.6. The molecule has 0 aliphatic carbocycles. The van der Waals surface area contributed by atoms with Gasteiger partial charge in [-0.15, -0.1) is 68.0 Å². The fourth-order valence-electron chi connectivity index (χ4n) is 2.80. The third-order valence-corrected chi connectivity index (χ3v) is 11.0. The van der Waals surface area contributed by atoms with Gasteiger partial charge in [0.2, 0.25) is 0 Å². The second kappa shape index (κ2) is 4.41. The number of fused-ring (bicyclic) bond motifs is 6. The molecule has 6 heteroatoms. The molecule has 0 amide bonds. The maximum atomic E-state index is 2.39. The smallest absolute Gasteiger partial charge is 0.0885 e. The molecule has 0 aromatic carbocycles. The summed E-state index contributed by atoms with van der Waals surface area (Å²) in [6.45, 7) is 0. The second-order valence-electron chi connectivity index (χ2n) is 5.06. The first-order valence-corrected chi connectivity index (χ1v) is 11.7. The zero-order valence-corrected chi connectivity index (χ0v) is 15.8. The lowest BCUT2D eigenvalue weighted by molar-refractivity contribution is 2.07. The fraction of sp³-hybridized carbons (Fsp3) is 0. The van der Waals surface area contributed by atoms with Crippen molar-refractivity contribution in [1.82, 2.24) is 0 Å². The van der Waals surface area contributed by atoms with Gasteiger partial charge in [-0.2, -0.15) is 0 Å². The van der Waals surface area contributed by atoms with E-state index in [1.165, 1.54) is 47.4 Å². The van der Waals surface area contributed by atoms with Crippen molar-refractivity contribution in [1.29, 1.82) is 0 Å². The van der Waals surface area contributed by atoms with Crippen LogP contribution < -0.4 is 0 Å². The van der Waals surface area contributed by atoms with Gasteiger partial charge in [0.15, 0.2) is 0 Å². The molecule has 0 spiro atoms. The van der Waals surface area contributed by atoms with E-state index in [0.29, 0.717) is 0 Å². The molecule has 0 saturated carbocycles. The molecular formula is C16H6S6. The van der Waals surface area contributed by atoms with Crippen LogP contribution in [-0.2, 0) is 0 Å². The Morgan fingerprint density at radius 2 is 1.09 bits per heavy atom. The third-order valence-electron chi connectivity index (χ3n) is 3.79. The van der Waals surface area contributed by atoms with Crippen molar-refractivity contribution in [3.05, 3.63) is 35.0 Å². The zero-order valence-electron chi connectivity index (χ0n) is 10.9. The van der Waals surface area contributed by atoms with Crippen LogP contribution in [0.1, 0.15) is 0 Å². The summed E-state index contributed by atoms with van der Waals surface area (Å²) in [7, 11) is 0. The van der Waals surface area contributed by atoms with E-state index in [-0.39, 0.29) is 0 Å². The molecule has 0 fully saturated rings. The molecule has 106 valence electrons. The van der Waals surface area contributed by atoms with Crippen LogP contribution in [0.25, 0.3) is 47.4 Å². The van der Waals surface area contributed by atoms with Crippen LogP contribution >= 0.6 is 68.0 Å². The lowest BCUT2D eigenvalue weighted by atomic mass is 10.3. The topological polar surface area (TPSA) is 0 Å². The van der Waals surface area contributed by atoms with Crippen molar-refractivity contribution in [2.75, 3.05) is 0 Å². The highest BCUT2D eigenvalue weighted by molar-refractivity contribution is 7.45. The molecule has 0 saturated heterocycles. The SMILES string of the molecule is c1cc2c(s1)sc1cc(-c3cc4sc5sccc5c4s3)sc12. The fourth-order valence-corrected chi connectivity index (χ4v) is 10.2. The van der Waals surface area contributed by atoms with Gasteiger partial charge in [0.25, 0.3) is 0 Å². The van der Waals surface area contributed by atoms with Crippen LogP contribution in [0.2, 0.25) is 0 Å². The number of hydrogen-bond acceptors (Lipinski definition) is 6. The minimum absolute atomic E-state index is 1.42. The quantitative estimate of drug-likeness (QED) is 0.265. The van der Waals surface area contributed by atoms with Crippen LogP contribution in [0.3, 0.4) is 0 Å². The summed E-state index contributed by atoms with van der Waals surface area (Å²) in [4.78, 5) is 2.84. The van der Waals surface area contributed by atoms with Crippen molar-refractivity contribution in [3.8, 4) is 9.75 Å². The standard InChI is InChI=1S/C16H6S6/c1-3-17-15-7(1)13-11(21-15)5-9(19-13)10-6-12-14(20-10)8-2-4-18-16(8)22-12/h1-6H. The van der Waals surface area contributed by atoms with Crippen LogP contribution in [-0.4, -0.2) is 0 Å². The Bertz CT molecular complexity index is 1180. The van der Waals surface area contributed by atoms with Crippen molar-refractivity contribution >= 4 is 106 Å². The first-order valence-electron chi connectivity index (χ1n) is 6.66. The summed E-state index contributed by atoms with van der Waals surface area (Å²) in [5.41, 5.74) is 0. The zero-order chi connectivity index (χ0) is 14.3. The summed E-state index contributed by atoms with van der Waals surface area (Å²) in [6, 6.07) is 9.30. The Kier molecular flexibility index (Phi) is 2.53. The van der Waals surface area contributed by atoms with Crippen molar-refractivity contribution in [2.45, 2.75) is 0 Å². The van der Waals surface area contributed by atoms with Gasteiger partial charge in [-0.1, -0.05) is 0 Å². The molecule has 0 unspecified atom stereocenters. The van der Waals surface area contributed by atoms with E-state index in [4.69, 9.17) is 0 Å². The molecule has 0 N–H and O–H groups in total. The molecule has 22 heavy (non-hydrogen) atoms. The Labute approximate surface area is 149 Å². The van der Waals surface area contributed by atoms with E-state index in [2.05, 4.69) is 35.0 Å². The highest BCUT2D eigenvalue weighted by atomic mass is 32.2. The molecule has 6 aromatic heterocycles. The Morgan fingerprint density at radius 3 is 1.59 bits per heavy atom. The second-order valence-corrected chi connectivity index (χ2v) is 11.6. The number of thiophene rings is 6. The molecule has 0 nitrogen and oxygen atoms in total. The monoisotopic (exact) mass is 390 g/mol.